The summed E-state index contributed by atoms with van der Waals surface area (Å²) in [6.07, 6.45) is -0.364. The van der Waals surface area contributed by atoms with Crippen molar-refractivity contribution in [1.29, 1.82) is 0 Å². The number of β-amino-alcohol motifs (C(OH)–C–C–N with tert-alkyl or cyclic N) is 1. The Labute approximate surface area is 303 Å². The van der Waals surface area contributed by atoms with E-state index in [1.54, 1.807) is 22.3 Å². The van der Waals surface area contributed by atoms with Crippen molar-refractivity contribution in [3.05, 3.63) is 65.1 Å². The van der Waals surface area contributed by atoms with Gasteiger partial charge in [-0.2, -0.15) is 0 Å². The number of benzene rings is 1. The van der Waals surface area contributed by atoms with Crippen LogP contribution in [-0.4, -0.2) is 112 Å². The topological polar surface area (TPSA) is 179 Å². The molecule has 274 valence electrons. The third kappa shape index (κ3) is 8.83. The second-order valence-electron chi connectivity index (χ2n) is 14.3. The third-order valence-corrected chi connectivity index (χ3v) is 10.5. The first kappa shape index (κ1) is 37.7. The minimum Gasteiger partial charge on any atom is -0.464 e. The summed E-state index contributed by atoms with van der Waals surface area (Å²) in [5.74, 6) is -0.927. The van der Waals surface area contributed by atoms with Gasteiger partial charge in [-0.1, -0.05) is 51.6 Å². The van der Waals surface area contributed by atoms with Gasteiger partial charge in [0.25, 0.3) is 0 Å². The van der Waals surface area contributed by atoms with Crippen molar-refractivity contribution in [1.82, 2.24) is 35.6 Å². The predicted octanol–water partition coefficient (Wildman–Crippen LogP) is 2.76. The molecule has 1 aromatic carbocycles. The van der Waals surface area contributed by atoms with Crippen LogP contribution in [0.1, 0.15) is 61.9 Å². The maximum Gasteiger partial charge on any atom is 0.358 e. The van der Waals surface area contributed by atoms with Gasteiger partial charge in [0.2, 0.25) is 11.8 Å². The minimum atomic E-state index is -0.827. The molecule has 3 aromatic rings. The number of hydrogen-bond donors (Lipinski definition) is 4. The van der Waals surface area contributed by atoms with Crippen LogP contribution in [0, 0.1) is 12.3 Å². The highest BCUT2D eigenvalue weighted by atomic mass is 32.1. The number of piperazine rings is 1. The Morgan fingerprint density at radius 3 is 2.41 bits per heavy atom. The maximum absolute atomic E-state index is 14.2. The van der Waals surface area contributed by atoms with E-state index in [4.69, 9.17) is 10.5 Å². The van der Waals surface area contributed by atoms with Gasteiger partial charge in [0, 0.05) is 56.9 Å². The molecule has 2 amide bonds. The summed E-state index contributed by atoms with van der Waals surface area (Å²) in [5.41, 5.74) is 11.8. The van der Waals surface area contributed by atoms with Gasteiger partial charge < -0.3 is 36.0 Å². The van der Waals surface area contributed by atoms with E-state index in [0.29, 0.717) is 44.0 Å². The number of hydrogen-bond acceptors (Lipinski definition) is 13. The number of nitrogens with two attached hydrogens (primary N) is 1. The Balaban J connectivity index is 1.19. The summed E-state index contributed by atoms with van der Waals surface area (Å²) in [5, 5.41) is 24.9. The Morgan fingerprint density at radius 2 is 1.80 bits per heavy atom. The Bertz CT molecular complexity index is 1730. The van der Waals surface area contributed by atoms with Crippen molar-refractivity contribution in [3.8, 4) is 10.4 Å². The average molecular weight is 720 g/mol. The number of nitrogen functional groups attached to an aromatic ring is 1. The molecule has 5 rings (SSSR count). The zero-order valence-electron chi connectivity index (χ0n) is 30.2. The summed E-state index contributed by atoms with van der Waals surface area (Å²) in [6, 6.07) is 8.50. The van der Waals surface area contributed by atoms with E-state index in [-0.39, 0.29) is 42.5 Å². The summed E-state index contributed by atoms with van der Waals surface area (Å²) in [4.78, 5) is 50.7. The number of methoxy groups -OCH3 is 1. The maximum atomic E-state index is 14.2. The molecule has 0 saturated carbocycles. The van der Waals surface area contributed by atoms with Crippen LogP contribution in [0.25, 0.3) is 10.4 Å². The van der Waals surface area contributed by atoms with Gasteiger partial charge in [0.15, 0.2) is 11.5 Å². The predicted molar refractivity (Wildman–Crippen MR) is 197 cm³/mol. The third-order valence-electron chi connectivity index (χ3n) is 9.48. The first-order chi connectivity index (χ1) is 24.2. The van der Waals surface area contributed by atoms with Crippen LogP contribution in [0.15, 0.2) is 48.1 Å². The van der Waals surface area contributed by atoms with Gasteiger partial charge in [-0.25, -0.2) is 9.78 Å². The number of ether oxygens (including phenoxy) is 1. The van der Waals surface area contributed by atoms with Crippen LogP contribution in [-0.2, 0) is 14.3 Å². The summed E-state index contributed by atoms with van der Waals surface area (Å²) in [7, 11) is 1.27. The summed E-state index contributed by atoms with van der Waals surface area (Å²) >= 11 is 1.61. The van der Waals surface area contributed by atoms with Crippen LogP contribution in [0.5, 0.6) is 0 Å². The molecule has 0 bridgehead atoms. The highest BCUT2D eigenvalue weighted by Gasteiger charge is 2.43. The normalized spacial score (nSPS) is 19.4. The Kier molecular flexibility index (Phi) is 11.6. The smallest absolute Gasteiger partial charge is 0.358 e. The molecule has 2 aliphatic rings. The first-order valence-corrected chi connectivity index (χ1v) is 18.0. The highest BCUT2D eigenvalue weighted by molar-refractivity contribution is 7.13. The second kappa shape index (κ2) is 15.7. The molecule has 5 N–H and O–H groups in total. The number of anilines is 2. The molecule has 4 atom stereocenters. The fourth-order valence-corrected chi connectivity index (χ4v) is 7.38. The molecule has 2 aromatic heterocycles. The van der Waals surface area contributed by atoms with Gasteiger partial charge in [-0.15, -0.1) is 21.5 Å². The standard InChI is InChI=1S/C36H49N9O5S/c1-21(24-8-10-25(11-9-24)31-23(3)38-20-51-31)39-22(2)28-16-26(46)18-45(28)34(48)32(36(4,5)6)40-30(47)19-43-12-14-44(15-13-43)29-17-27(35(49)50-7)41-42-33(29)37/h8-11,17,20-21,26,28,32,39,46H,2,12-16,18-19H2,1,3-7H3,(H2,37,42)(H,40,47)/t21-,26+,28-,32+/m1/s1. The quantitative estimate of drug-likeness (QED) is 0.213. The molecule has 0 spiro atoms. The molecular formula is C36H49N9O5S. The van der Waals surface area contributed by atoms with Crippen LogP contribution in [0.4, 0.5) is 11.5 Å². The number of thiazole rings is 1. The van der Waals surface area contributed by atoms with E-state index in [1.807, 2.05) is 49.9 Å². The molecule has 15 heteroatoms. The average Bonchev–Trinajstić information content (AvgIpc) is 3.72. The number of esters is 1. The van der Waals surface area contributed by atoms with E-state index in [9.17, 15) is 19.5 Å². The molecule has 0 radical (unpaired) electrons. The second-order valence-corrected chi connectivity index (χ2v) is 15.2. The Hall–Kier alpha value is -4.60. The largest absolute Gasteiger partial charge is 0.464 e. The molecule has 2 saturated heterocycles. The number of nitrogens with one attached hydrogen (secondary N) is 2. The van der Waals surface area contributed by atoms with E-state index in [1.165, 1.54) is 7.11 Å². The lowest BCUT2D eigenvalue weighted by atomic mass is 9.85. The monoisotopic (exact) mass is 719 g/mol. The number of aromatic nitrogens is 3. The van der Waals surface area contributed by atoms with Crippen LogP contribution in [0.3, 0.4) is 0 Å². The molecule has 0 unspecified atom stereocenters. The number of aryl methyl sites for hydroxylation is 1. The Morgan fingerprint density at radius 1 is 1.12 bits per heavy atom. The van der Waals surface area contributed by atoms with Gasteiger partial charge in [0.1, 0.15) is 6.04 Å². The van der Waals surface area contributed by atoms with Crippen LogP contribution < -0.4 is 21.3 Å². The van der Waals surface area contributed by atoms with Crippen LogP contribution >= 0.6 is 11.3 Å². The molecule has 51 heavy (non-hydrogen) atoms. The van der Waals surface area contributed by atoms with Crippen LogP contribution in [0.2, 0.25) is 0 Å². The molecule has 14 nitrogen and oxygen atoms in total. The number of rotatable bonds is 11. The molecule has 2 aliphatic heterocycles. The molecular weight excluding hydrogens is 671 g/mol. The van der Waals surface area contributed by atoms with Crippen molar-refractivity contribution < 1.29 is 24.2 Å². The fourth-order valence-electron chi connectivity index (χ4n) is 6.57. The molecule has 0 aliphatic carbocycles. The van der Waals surface area contributed by atoms with E-state index < -0.39 is 29.6 Å². The van der Waals surface area contributed by atoms with Gasteiger partial charge in [-0.05, 0) is 30.4 Å². The minimum absolute atomic E-state index is 0.0657. The van der Waals surface area contributed by atoms with Gasteiger partial charge in [-0.3, -0.25) is 14.5 Å². The summed E-state index contributed by atoms with van der Waals surface area (Å²) in [6.45, 7) is 16.5. The number of likely N-dealkylation sites (tertiary alicyclic amines) is 1. The van der Waals surface area contributed by atoms with Crippen molar-refractivity contribution >= 4 is 40.6 Å². The number of amides is 2. The zero-order valence-corrected chi connectivity index (χ0v) is 31.0. The molecule has 2 fully saturated rings. The van der Waals surface area contributed by atoms with Crippen molar-refractivity contribution in [2.45, 2.75) is 65.3 Å². The number of nitrogens with zero attached hydrogens (tertiary/aromatic N) is 6. The van der Waals surface area contributed by atoms with E-state index >= 15 is 0 Å². The highest BCUT2D eigenvalue weighted by Crippen LogP contribution is 2.31. The zero-order chi connectivity index (χ0) is 37.0. The number of aliphatic hydroxyl groups is 1. The van der Waals surface area contributed by atoms with Crippen molar-refractivity contribution in [2.75, 3.05) is 57.0 Å². The number of carbonyl (C=O) groups excluding carboxylic acids is 3. The SMILES string of the molecule is C=C(N[C@H](C)c1ccc(-c2scnc2C)cc1)[C@H]1C[C@H](O)CN1C(=O)[C@H](NC(=O)CN1CCN(c2cc(C(=O)OC)nnc2N)CC1)C(C)(C)C. The van der Waals surface area contributed by atoms with Gasteiger partial charge >= 0.3 is 5.97 Å². The van der Waals surface area contributed by atoms with Crippen molar-refractivity contribution in [2.24, 2.45) is 5.41 Å². The number of carbonyl (C=O) groups is 3. The molecule has 4 heterocycles. The van der Waals surface area contributed by atoms with E-state index in [2.05, 4.69) is 56.7 Å². The van der Waals surface area contributed by atoms with Crippen molar-refractivity contribution in [3.63, 3.8) is 0 Å². The lowest BCUT2D eigenvalue weighted by Crippen LogP contribution is -2.58. The van der Waals surface area contributed by atoms with Gasteiger partial charge in [0.05, 0.1) is 47.6 Å². The lowest BCUT2D eigenvalue weighted by Gasteiger charge is -2.38. The summed E-state index contributed by atoms with van der Waals surface area (Å²) < 4.78 is 4.75. The first-order valence-electron chi connectivity index (χ1n) is 17.1. The number of aliphatic hydroxyl groups excluding tert-OH is 1. The lowest BCUT2D eigenvalue weighted by molar-refractivity contribution is -0.140. The fraction of sp³-hybridized carbons (Fsp3) is 0.500. The van der Waals surface area contributed by atoms with E-state index in [0.717, 1.165) is 21.7 Å².